The molecule has 0 spiro atoms. The first-order chi connectivity index (χ1) is 15.3. The molecule has 5 heterocycles. The van der Waals surface area contributed by atoms with Gasteiger partial charge >= 0.3 is 0 Å². The van der Waals surface area contributed by atoms with Gasteiger partial charge in [-0.1, -0.05) is 24.3 Å². The van der Waals surface area contributed by atoms with Crippen LogP contribution in [0.15, 0.2) is 79.3 Å². The third-order valence-electron chi connectivity index (χ3n) is 6.30. The predicted molar refractivity (Wildman–Crippen MR) is 134 cm³/mol. The van der Waals surface area contributed by atoms with Gasteiger partial charge in [0.15, 0.2) is 5.65 Å². The molecule has 5 aromatic heterocycles. The van der Waals surface area contributed by atoms with E-state index in [2.05, 4.69) is 69.0 Å². The summed E-state index contributed by atoms with van der Waals surface area (Å²) in [6, 6.07) is 22.3. The van der Waals surface area contributed by atoms with Crippen LogP contribution in [0.1, 0.15) is 0 Å². The van der Waals surface area contributed by atoms with Crippen molar-refractivity contribution >= 4 is 90.5 Å². The van der Waals surface area contributed by atoms with Crippen LogP contribution in [0.25, 0.3) is 67.8 Å². The van der Waals surface area contributed by atoms with E-state index in [0.29, 0.717) is 0 Å². The summed E-state index contributed by atoms with van der Waals surface area (Å²) in [4.78, 5) is 9.23. The van der Waals surface area contributed by atoms with Crippen molar-refractivity contribution in [2.45, 2.75) is 0 Å². The average molecular weight is 432 g/mol. The van der Waals surface area contributed by atoms with E-state index in [4.69, 9.17) is 0 Å². The van der Waals surface area contributed by atoms with Gasteiger partial charge in [-0.2, -0.15) is 0 Å². The zero-order valence-corrected chi connectivity index (χ0v) is 17.8. The van der Waals surface area contributed by atoms with Crippen molar-refractivity contribution in [2.75, 3.05) is 0 Å². The van der Waals surface area contributed by atoms with Gasteiger partial charge in [-0.15, -0.1) is 22.7 Å². The largest absolute Gasteiger partial charge is 0.298 e. The van der Waals surface area contributed by atoms with E-state index >= 15 is 0 Å². The van der Waals surface area contributed by atoms with Gasteiger partial charge in [0.05, 0.1) is 5.52 Å². The quantitative estimate of drug-likeness (QED) is 0.230. The lowest BCUT2D eigenvalue weighted by Gasteiger charge is -2.08. The van der Waals surface area contributed by atoms with Crippen molar-refractivity contribution < 1.29 is 0 Å². The third-order valence-corrected chi connectivity index (χ3v) is 8.55. The highest BCUT2D eigenvalue weighted by molar-refractivity contribution is 7.27. The number of nitrogens with zero attached hydrogens (tertiary/aromatic N) is 3. The van der Waals surface area contributed by atoms with E-state index in [0.717, 1.165) is 16.6 Å². The Hall–Kier alpha value is -3.54. The van der Waals surface area contributed by atoms with Crippen LogP contribution in [0.3, 0.4) is 0 Å². The predicted octanol–water partition coefficient (Wildman–Crippen LogP) is 7.77. The number of thiophene rings is 2. The normalized spacial score (nSPS) is 12.5. The summed E-state index contributed by atoms with van der Waals surface area (Å²) < 4.78 is 7.52. The second-order valence-electron chi connectivity index (χ2n) is 7.93. The SMILES string of the molecule is c1ccc2c(c1)sc1cc3c(cc12)sc1cc2c(cc13)c1cccnc1c1nccn21. The summed E-state index contributed by atoms with van der Waals surface area (Å²) >= 11 is 3.76. The molecule has 8 rings (SSSR count). The van der Waals surface area contributed by atoms with Gasteiger partial charge in [0.1, 0.15) is 5.52 Å². The van der Waals surface area contributed by atoms with Crippen molar-refractivity contribution in [3.8, 4) is 0 Å². The molecule has 144 valence electrons. The van der Waals surface area contributed by atoms with Gasteiger partial charge in [0.2, 0.25) is 0 Å². The number of hydrogen-bond acceptors (Lipinski definition) is 4. The first-order valence-corrected chi connectivity index (χ1v) is 11.8. The van der Waals surface area contributed by atoms with Crippen LogP contribution in [-0.2, 0) is 0 Å². The first-order valence-electron chi connectivity index (χ1n) is 10.2. The number of fused-ring (bicyclic) bond motifs is 12. The molecule has 0 aliphatic rings. The number of imidazole rings is 1. The summed E-state index contributed by atoms with van der Waals surface area (Å²) in [5, 5.41) is 7.73. The summed E-state index contributed by atoms with van der Waals surface area (Å²) in [5.41, 5.74) is 3.04. The van der Waals surface area contributed by atoms with Gasteiger partial charge in [-0.05, 0) is 36.4 Å². The van der Waals surface area contributed by atoms with Crippen LogP contribution in [0.5, 0.6) is 0 Å². The molecule has 31 heavy (non-hydrogen) atoms. The van der Waals surface area contributed by atoms with Crippen LogP contribution < -0.4 is 0 Å². The van der Waals surface area contributed by atoms with Crippen LogP contribution >= 0.6 is 22.7 Å². The molecule has 0 atom stereocenters. The molecule has 0 bridgehead atoms. The Kier molecular flexibility index (Phi) is 2.91. The highest BCUT2D eigenvalue weighted by Gasteiger charge is 2.15. The first kappa shape index (κ1) is 16.2. The Labute approximate surface area is 183 Å². The molecule has 0 aliphatic carbocycles. The fourth-order valence-corrected chi connectivity index (χ4v) is 7.19. The third kappa shape index (κ3) is 2.02. The highest BCUT2D eigenvalue weighted by atomic mass is 32.1. The van der Waals surface area contributed by atoms with Crippen molar-refractivity contribution in [3.63, 3.8) is 0 Å². The Bertz CT molecular complexity index is 2010. The molecule has 3 nitrogen and oxygen atoms in total. The fourth-order valence-electron chi connectivity index (χ4n) is 4.92. The van der Waals surface area contributed by atoms with Crippen LogP contribution in [-0.4, -0.2) is 14.4 Å². The minimum absolute atomic E-state index is 0.913. The van der Waals surface area contributed by atoms with Crippen LogP contribution in [0.2, 0.25) is 0 Å². The van der Waals surface area contributed by atoms with E-state index in [1.807, 2.05) is 47.3 Å². The Morgan fingerprint density at radius 2 is 1.32 bits per heavy atom. The summed E-state index contributed by atoms with van der Waals surface area (Å²) in [6.07, 6.45) is 5.74. The van der Waals surface area contributed by atoms with E-state index in [1.165, 1.54) is 51.2 Å². The standard InChI is InChI=1S/C26H13N3S2/c1-2-6-21-14(4-1)18-11-23-19(12-22(18)30-21)17-10-16-15-5-3-7-27-25(15)26-28-8-9-29(26)20(16)13-24(17)31-23/h1-13H. The molecule has 0 unspecified atom stereocenters. The molecule has 5 heteroatoms. The zero-order valence-electron chi connectivity index (χ0n) is 16.2. The van der Waals surface area contributed by atoms with E-state index < -0.39 is 0 Å². The molecular formula is C26H13N3S2. The number of aromatic nitrogens is 3. The number of hydrogen-bond donors (Lipinski definition) is 0. The minimum Gasteiger partial charge on any atom is -0.298 e. The van der Waals surface area contributed by atoms with Gasteiger partial charge < -0.3 is 0 Å². The fraction of sp³-hybridized carbons (Fsp3) is 0. The molecule has 0 amide bonds. The number of rotatable bonds is 0. The molecule has 0 fully saturated rings. The average Bonchev–Trinajstić information content (AvgIpc) is 3.51. The Morgan fingerprint density at radius 1 is 0.581 bits per heavy atom. The zero-order chi connectivity index (χ0) is 20.1. The van der Waals surface area contributed by atoms with Crippen molar-refractivity contribution in [1.29, 1.82) is 0 Å². The molecule has 3 aromatic carbocycles. The number of benzene rings is 3. The van der Waals surface area contributed by atoms with Gasteiger partial charge in [0, 0.05) is 69.7 Å². The molecule has 0 N–H and O–H groups in total. The molecule has 0 radical (unpaired) electrons. The van der Waals surface area contributed by atoms with Crippen molar-refractivity contribution in [1.82, 2.24) is 14.4 Å². The topological polar surface area (TPSA) is 30.2 Å². The highest BCUT2D eigenvalue weighted by Crippen LogP contribution is 2.43. The van der Waals surface area contributed by atoms with E-state index in [-0.39, 0.29) is 0 Å². The lowest BCUT2D eigenvalue weighted by Crippen LogP contribution is -1.91. The summed E-state index contributed by atoms with van der Waals surface area (Å²) in [7, 11) is 0. The second kappa shape index (κ2) is 5.58. The van der Waals surface area contributed by atoms with Crippen molar-refractivity contribution in [3.05, 3.63) is 79.3 Å². The Balaban J connectivity index is 1.58. The lowest BCUT2D eigenvalue weighted by molar-refractivity contribution is 1.26. The maximum absolute atomic E-state index is 4.65. The van der Waals surface area contributed by atoms with Crippen molar-refractivity contribution in [2.24, 2.45) is 0 Å². The van der Waals surface area contributed by atoms with Crippen LogP contribution in [0, 0.1) is 0 Å². The summed E-state index contributed by atoms with van der Waals surface area (Å²) in [6.45, 7) is 0. The van der Waals surface area contributed by atoms with Gasteiger partial charge in [0.25, 0.3) is 0 Å². The molecular weight excluding hydrogens is 418 g/mol. The Morgan fingerprint density at radius 3 is 2.26 bits per heavy atom. The van der Waals surface area contributed by atoms with E-state index in [1.54, 1.807) is 0 Å². The monoisotopic (exact) mass is 431 g/mol. The molecule has 0 saturated heterocycles. The molecule has 0 aliphatic heterocycles. The van der Waals surface area contributed by atoms with Gasteiger partial charge in [-0.25, -0.2) is 4.98 Å². The molecule has 0 saturated carbocycles. The smallest absolute Gasteiger partial charge is 0.163 e. The minimum atomic E-state index is 0.913. The maximum atomic E-state index is 4.65. The maximum Gasteiger partial charge on any atom is 0.163 e. The molecule has 8 aromatic rings. The number of pyridine rings is 2. The second-order valence-corrected chi connectivity index (χ2v) is 10.1. The van der Waals surface area contributed by atoms with E-state index in [9.17, 15) is 0 Å². The summed E-state index contributed by atoms with van der Waals surface area (Å²) in [5.74, 6) is 0. The van der Waals surface area contributed by atoms with Gasteiger partial charge in [-0.3, -0.25) is 9.38 Å². The lowest BCUT2D eigenvalue weighted by atomic mass is 10.0. The van der Waals surface area contributed by atoms with Crippen LogP contribution in [0.4, 0.5) is 0 Å².